The number of carbonyl (C=O) groups excluding carboxylic acids is 1. The minimum atomic E-state index is 0.145. The number of hydrogen-bond acceptors (Lipinski definition) is 3. The number of rotatable bonds is 8. The molecule has 0 aromatic heterocycles. The molecule has 22 heavy (non-hydrogen) atoms. The van der Waals surface area contributed by atoms with Crippen LogP contribution in [0.1, 0.15) is 44.1 Å². The average molecular weight is 304 g/mol. The van der Waals surface area contributed by atoms with Crippen molar-refractivity contribution in [1.82, 2.24) is 5.32 Å². The second-order valence-corrected chi connectivity index (χ2v) is 6.13. The van der Waals surface area contributed by atoms with Gasteiger partial charge in [-0.3, -0.25) is 4.79 Å². The van der Waals surface area contributed by atoms with Crippen LogP contribution in [-0.4, -0.2) is 31.2 Å². The number of amides is 1. The van der Waals surface area contributed by atoms with Crippen molar-refractivity contribution < 1.29 is 9.53 Å². The summed E-state index contributed by atoms with van der Waals surface area (Å²) in [5.41, 5.74) is 7.15. The van der Waals surface area contributed by atoms with Crippen molar-refractivity contribution in [2.24, 2.45) is 5.73 Å². The maximum absolute atomic E-state index is 11.8. The van der Waals surface area contributed by atoms with Gasteiger partial charge in [0.1, 0.15) is 0 Å². The van der Waals surface area contributed by atoms with Crippen LogP contribution < -0.4 is 11.1 Å². The highest BCUT2D eigenvalue weighted by Crippen LogP contribution is 2.16. The average Bonchev–Trinajstić information content (AvgIpc) is 2.54. The molecule has 0 heterocycles. The van der Waals surface area contributed by atoms with Crippen LogP contribution in [0.15, 0.2) is 30.3 Å². The monoisotopic (exact) mass is 304 g/mol. The molecule has 0 aliphatic heterocycles. The first-order valence-corrected chi connectivity index (χ1v) is 8.40. The number of ether oxygens (including phenoxy) is 1. The predicted octanol–water partition coefficient (Wildman–Crippen LogP) is 2.41. The molecule has 1 amide bonds. The first-order valence-electron chi connectivity index (χ1n) is 8.40. The van der Waals surface area contributed by atoms with Crippen LogP contribution in [0, 0.1) is 0 Å². The smallest absolute Gasteiger partial charge is 0.220 e. The molecule has 1 aromatic carbocycles. The molecule has 1 saturated carbocycles. The van der Waals surface area contributed by atoms with Gasteiger partial charge in [-0.15, -0.1) is 0 Å². The number of nitrogens with one attached hydrogen (secondary N) is 1. The summed E-state index contributed by atoms with van der Waals surface area (Å²) in [5, 5.41) is 3.11. The van der Waals surface area contributed by atoms with Crippen LogP contribution >= 0.6 is 0 Å². The largest absolute Gasteiger partial charge is 0.381 e. The Balaban J connectivity index is 1.47. The van der Waals surface area contributed by atoms with Crippen LogP contribution in [0.4, 0.5) is 0 Å². The first kappa shape index (κ1) is 17.0. The standard InChI is InChI=1S/C18H28N2O2/c19-16-8-10-17(11-9-16)20-18(21)7-4-13-22-14-12-15-5-2-1-3-6-15/h1-3,5-6,16-17H,4,7-14,19H2,(H,20,21). The maximum Gasteiger partial charge on any atom is 0.220 e. The molecule has 4 nitrogen and oxygen atoms in total. The van der Waals surface area contributed by atoms with Gasteiger partial charge in [-0.25, -0.2) is 0 Å². The van der Waals surface area contributed by atoms with E-state index in [4.69, 9.17) is 10.5 Å². The summed E-state index contributed by atoms with van der Waals surface area (Å²) in [7, 11) is 0. The Bertz CT molecular complexity index is 428. The minimum absolute atomic E-state index is 0.145. The van der Waals surface area contributed by atoms with Gasteiger partial charge in [-0.05, 0) is 44.1 Å². The van der Waals surface area contributed by atoms with Crippen molar-refractivity contribution in [2.75, 3.05) is 13.2 Å². The van der Waals surface area contributed by atoms with E-state index in [-0.39, 0.29) is 5.91 Å². The van der Waals surface area contributed by atoms with Crippen molar-refractivity contribution in [3.63, 3.8) is 0 Å². The van der Waals surface area contributed by atoms with Gasteiger partial charge in [0.15, 0.2) is 0 Å². The fraction of sp³-hybridized carbons (Fsp3) is 0.611. The molecule has 1 fully saturated rings. The Morgan fingerprint density at radius 2 is 1.86 bits per heavy atom. The third-order valence-corrected chi connectivity index (χ3v) is 4.21. The van der Waals surface area contributed by atoms with E-state index >= 15 is 0 Å². The van der Waals surface area contributed by atoms with E-state index in [0.717, 1.165) is 38.5 Å². The minimum Gasteiger partial charge on any atom is -0.381 e. The highest BCUT2D eigenvalue weighted by Gasteiger charge is 2.19. The van der Waals surface area contributed by atoms with Crippen molar-refractivity contribution >= 4 is 5.91 Å². The highest BCUT2D eigenvalue weighted by molar-refractivity contribution is 5.76. The molecular formula is C18H28N2O2. The summed E-state index contributed by atoms with van der Waals surface area (Å²) in [6.07, 6.45) is 6.33. The van der Waals surface area contributed by atoms with E-state index in [1.54, 1.807) is 0 Å². The van der Waals surface area contributed by atoms with Gasteiger partial charge >= 0.3 is 0 Å². The number of carbonyl (C=O) groups is 1. The lowest BCUT2D eigenvalue weighted by Gasteiger charge is -2.26. The Kier molecular flexibility index (Phi) is 7.40. The molecule has 0 bridgehead atoms. The molecule has 0 spiro atoms. The van der Waals surface area contributed by atoms with Crippen molar-refractivity contribution in [2.45, 2.75) is 57.0 Å². The molecule has 0 saturated heterocycles. The number of hydrogen-bond donors (Lipinski definition) is 2. The number of benzene rings is 1. The molecule has 4 heteroatoms. The van der Waals surface area contributed by atoms with Crippen molar-refractivity contribution in [3.05, 3.63) is 35.9 Å². The molecule has 122 valence electrons. The third kappa shape index (κ3) is 6.58. The summed E-state index contributed by atoms with van der Waals surface area (Å²) in [6.45, 7) is 1.36. The fourth-order valence-corrected chi connectivity index (χ4v) is 2.83. The van der Waals surface area contributed by atoms with Gasteiger partial charge in [-0.1, -0.05) is 30.3 Å². The van der Waals surface area contributed by atoms with E-state index in [2.05, 4.69) is 17.4 Å². The van der Waals surface area contributed by atoms with Crippen LogP contribution in [0.25, 0.3) is 0 Å². The topological polar surface area (TPSA) is 64.3 Å². The van der Waals surface area contributed by atoms with Crippen LogP contribution in [-0.2, 0) is 16.0 Å². The quantitative estimate of drug-likeness (QED) is 0.725. The summed E-state index contributed by atoms with van der Waals surface area (Å²) in [5.74, 6) is 0.145. The molecule has 1 aromatic rings. The lowest BCUT2D eigenvalue weighted by molar-refractivity contribution is -0.122. The molecular weight excluding hydrogens is 276 g/mol. The van der Waals surface area contributed by atoms with Crippen LogP contribution in [0.2, 0.25) is 0 Å². The lowest BCUT2D eigenvalue weighted by atomic mass is 9.92. The zero-order chi connectivity index (χ0) is 15.6. The second-order valence-electron chi connectivity index (χ2n) is 6.13. The van der Waals surface area contributed by atoms with Gasteiger partial charge in [0.25, 0.3) is 0 Å². The van der Waals surface area contributed by atoms with E-state index < -0.39 is 0 Å². The summed E-state index contributed by atoms with van der Waals surface area (Å²) in [4.78, 5) is 11.8. The molecule has 3 N–H and O–H groups in total. The zero-order valence-corrected chi connectivity index (χ0v) is 13.3. The van der Waals surface area contributed by atoms with Gasteiger partial charge in [0.05, 0.1) is 6.61 Å². The lowest BCUT2D eigenvalue weighted by Crippen LogP contribution is -2.40. The molecule has 0 radical (unpaired) electrons. The third-order valence-electron chi connectivity index (χ3n) is 4.21. The van der Waals surface area contributed by atoms with Crippen molar-refractivity contribution in [3.8, 4) is 0 Å². The Morgan fingerprint density at radius 3 is 2.59 bits per heavy atom. The van der Waals surface area contributed by atoms with Gasteiger partial charge in [0, 0.05) is 25.1 Å². The van der Waals surface area contributed by atoms with E-state index in [1.807, 2.05) is 18.2 Å². The number of nitrogens with two attached hydrogens (primary N) is 1. The summed E-state index contributed by atoms with van der Waals surface area (Å²) >= 11 is 0. The second kappa shape index (κ2) is 9.59. The maximum atomic E-state index is 11.8. The van der Waals surface area contributed by atoms with Crippen LogP contribution in [0.5, 0.6) is 0 Å². The van der Waals surface area contributed by atoms with Gasteiger partial charge in [-0.2, -0.15) is 0 Å². The van der Waals surface area contributed by atoms with E-state index in [1.165, 1.54) is 5.56 Å². The van der Waals surface area contributed by atoms with Gasteiger partial charge < -0.3 is 15.8 Å². The predicted molar refractivity (Wildman–Crippen MR) is 88.6 cm³/mol. The zero-order valence-electron chi connectivity index (χ0n) is 13.3. The molecule has 1 aliphatic carbocycles. The van der Waals surface area contributed by atoms with Crippen molar-refractivity contribution in [1.29, 1.82) is 0 Å². The van der Waals surface area contributed by atoms with Gasteiger partial charge in [0.2, 0.25) is 5.91 Å². The van der Waals surface area contributed by atoms with E-state index in [9.17, 15) is 4.79 Å². The molecule has 2 rings (SSSR count). The van der Waals surface area contributed by atoms with E-state index in [0.29, 0.717) is 31.7 Å². The molecule has 0 unspecified atom stereocenters. The fourth-order valence-electron chi connectivity index (χ4n) is 2.83. The highest BCUT2D eigenvalue weighted by atomic mass is 16.5. The first-order chi connectivity index (χ1) is 10.7. The Morgan fingerprint density at radius 1 is 1.14 bits per heavy atom. The Labute approximate surface area is 133 Å². The SMILES string of the molecule is NC1CCC(NC(=O)CCCOCCc2ccccc2)CC1. The summed E-state index contributed by atoms with van der Waals surface area (Å²) in [6, 6.07) is 11.0. The van der Waals surface area contributed by atoms with Crippen LogP contribution in [0.3, 0.4) is 0 Å². The summed E-state index contributed by atoms with van der Waals surface area (Å²) < 4.78 is 5.60. The molecule has 1 aliphatic rings. The Hall–Kier alpha value is -1.39. The normalized spacial score (nSPS) is 21.5. The molecule has 0 atom stereocenters.